The summed E-state index contributed by atoms with van der Waals surface area (Å²) in [6.45, 7) is 6.51. The van der Waals surface area contributed by atoms with E-state index >= 15 is 0 Å². The maximum absolute atomic E-state index is 13.1. The molecule has 2 aromatic carbocycles. The van der Waals surface area contributed by atoms with Gasteiger partial charge in [0.25, 0.3) is 5.69 Å². The molecule has 0 bridgehead atoms. The van der Waals surface area contributed by atoms with E-state index in [0.717, 1.165) is 5.56 Å². The van der Waals surface area contributed by atoms with Gasteiger partial charge in [-0.15, -0.1) is 0 Å². The monoisotopic (exact) mass is 473 g/mol. The summed E-state index contributed by atoms with van der Waals surface area (Å²) in [4.78, 5) is 25.6. The van der Waals surface area contributed by atoms with Crippen LogP contribution in [0, 0.1) is 16.0 Å². The van der Waals surface area contributed by atoms with E-state index in [1.807, 2.05) is 19.1 Å². The van der Waals surface area contributed by atoms with E-state index < -0.39 is 14.9 Å². The van der Waals surface area contributed by atoms with Crippen LogP contribution in [0.2, 0.25) is 0 Å². The maximum atomic E-state index is 13.1. The van der Waals surface area contributed by atoms with Crippen LogP contribution in [0.25, 0.3) is 0 Å². The van der Waals surface area contributed by atoms with Gasteiger partial charge in [0.15, 0.2) is 0 Å². The maximum Gasteiger partial charge on any atom is 0.269 e. The summed E-state index contributed by atoms with van der Waals surface area (Å²) in [6.07, 6.45) is 0.877. The minimum Gasteiger partial charge on any atom is -0.339 e. The lowest BCUT2D eigenvalue weighted by Crippen LogP contribution is -2.43. The second-order valence-corrected chi connectivity index (χ2v) is 10.8. The highest BCUT2D eigenvalue weighted by Crippen LogP contribution is 2.29. The van der Waals surface area contributed by atoms with Gasteiger partial charge >= 0.3 is 0 Å². The minimum atomic E-state index is -3.60. The summed E-state index contributed by atoms with van der Waals surface area (Å²) >= 11 is 0. The molecule has 33 heavy (non-hydrogen) atoms. The Hall–Kier alpha value is -2.78. The SMILES string of the molecule is CC(C)c1ccc(S(=O)(=O)N2CCC(C(=O)N(C)C(C)c3cccc([N+](=O)[O-])c3)CC2)cc1. The predicted octanol–water partition coefficient (Wildman–Crippen LogP) is 4.34. The van der Waals surface area contributed by atoms with Crippen molar-refractivity contribution >= 4 is 21.6 Å². The van der Waals surface area contributed by atoms with Crippen molar-refractivity contribution in [1.29, 1.82) is 0 Å². The van der Waals surface area contributed by atoms with Crippen LogP contribution in [0.15, 0.2) is 53.4 Å². The van der Waals surface area contributed by atoms with E-state index in [0.29, 0.717) is 24.3 Å². The number of piperidine rings is 1. The van der Waals surface area contributed by atoms with Crippen molar-refractivity contribution in [3.63, 3.8) is 0 Å². The lowest BCUT2D eigenvalue weighted by atomic mass is 9.95. The summed E-state index contributed by atoms with van der Waals surface area (Å²) in [5.41, 5.74) is 1.75. The zero-order valence-electron chi connectivity index (χ0n) is 19.5. The molecule has 0 aromatic heterocycles. The third kappa shape index (κ3) is 5.42. The fourth-order valence-electron chi connectivity index (χ4n) is 4.12. The van der Waals surface area contributed by atoms with Crippen LogP contribution < -0.4 is 0 Å². The van der Waals surface area contributed by atoms with Crippen molar-refractivity contribution in [3.05, 3.63) is 69.8 Å². The van der Waals surface area contributed by atoms with Crippen LogP contribution in [-0.2, 0) is 14.8 Å². The molecule has 1 aliphatic rings. The molecule has 0 radical (unpaired) electrons. The fraction of sp³-hybridized carbons (Fsp3) is 0.458. The standard InChI is InChI=1S/C24H31N3O5S/c1-17(2)19-8-10-23(11-9-19)33(31,32)26-14-12-20(13-15-26)24(28)25(4)18(3)21-6-5-7-22(16-21)27(29)30/h5-11,16-18,20H,12-15H2,1-4H3. The van der Waals surface area contributed by atoms with Gasteiger partial charge in [0.1, 0.15) is 0 Å². The molecule has 0 spiro atoms. The fourth-order valence-corrected chi connectivity index (χ4v) is 5.59. The van der Waals surface area contributed by atoms with Crippen molar-refractivity contribution in [2.24, 2.45) is 5.92 Å². The Morgan fingerprint density at radius 1 is 1.06 bits per heavy atom. The zero-order valence-corrected chi connectivity index (χ0v) is 20.3. The van der Waals surface area contributed by atoms with Crippen LogP contribution in [-0.4, -0.2) is 48.6 Å². The van der Waals surface area contributed by atoms with Crippen molar-refractivity contribution in [3.8, 4) is 0 Å². The number of rotatable bonds is 7. The molecule has 1 saturated heterocycles. The third-order valence-electron chi connectivity index (χ3n) is 6.48. The Bertz CT molecular complexity index is 1110. The Balaban J connectivity index is 1.64. The minimum absolute atomic E-state index is 0.0138. The number of amides is 1. The molecule has 1 atom stereocenters. The van der Waals surface area contributed by atoms with Crippen molar-refractivity contribution in [1.82, 2.24) is 9.21 Å². The van der Waals surface area contributed by atoms with Gasteiger partial charge in [0.2, 0.25) is 15.9 Å². The zero-order chi connectivity index (χ0) is 24.3. The molecule has 0 aliphatic carbocycles. The number of sulfonamides is 1. The topological polar surface area (TPSA) is 101 Å². The Kier molecular flexibility index (Phi) is 7.54. The summed E-state index contributed by atoms with van der Waals surface area (Å²) < 4.78 is 27.5. The van der Waals surface area contributed by atoms with Gasteiger partial charge in [-0.05, 0) is 48.9 Å². The second kappa shape index (κ2) is 10.0. The number of hydrogen-bond donors (Lipinski definition) is 0. The summed E-state index contributed by atoms with van der Waals surface area (Å²) in [5.74, 6) is -0.0387. The van der Waals surface area contributed by atoms with Crippen molar-refractivity contribution in [2.75, 3.05) is 20.1 Å². The molecule has 0 saturated carbocycles. The quantitative estimate of drug-likeness (QED) is 0.440. The highest BCUT2D eigenvalue weighted by Gasteiger charge is 2.34. The van der Waals surface area contributed by atoms with E-state index in [1.54, 1.807) is 36.2 Å². The Labute approximate surface area is 195 Å². The van der Waals surface area contributed by atoms with Crippen LogP contribution in [0.1, 0.15) is 56.7 Å². The van der Waals surface area contributed by atoms with Crippen molar-refractivity contribution < 1.29 is 18.1 Å². The highest BCUT2D eigenvalue weighted by atomic mass is 32.2. The first-order valence-corrected chi connectivity index (χ1v) is 12.6. The average Bonchev–Trinajstić information content (AvgIpc) is 2.82. The smallest absolute Gasteiger partial charge is 0.269 e. The van der Waals surface area contributed by atoms with Gasteiger partial charge in [-0.3, -0.25) is 14.9 Å². The first kappa shape index (κ1) is 24.9. The van der Waals surface area contributed by atoms with Crippen LogP contribution in [0.4, 0.5) is 5.69 Å². The lowest BCUT2D eigenvalue weighted by Gasteiger charge is -2.34. The van der Waals surface area contributed by atoms with Gasteiger partial charge in [-0.1, -0.05) is 38.1 Å². The molecule has 1 unspecified atom stereocenters. The van der Waals surface area contributed by atoms with E-state index in [-0.39, 0.29) is 41.5 Å². The van der Waals surface area contributed by atoms with Crippen LogP contribution in [0.3, 0.4) is 0 Å². The van der Waals surface area contributed by atoms with Gasteiger partial charge < -0.3 is 4.90 Å². The molecule has 2 aromatic rings. The number of nitro groups is 1. The molecule has 8 nitrogen and oxygen atoms in total. The van der Waals surface area contributed by atoms with Gasteiger partial charge in [0, 0.05) is 38.2 Å². The van der Waals surface area contributed by atoms with Crippen LogP contribution in [0.5, 0.6) is 0 Å². The second-order valence-electron chi connectivity index (χ2n) is 8.88. The molecule has 178 valence electrons. The molecule has 1 amide bonds. The molecule has 0 N–H and O–H groups in total. The first-order chi connectivity index (χ1) is 15.5. The Morgan fingerprint density at radius 2 is 1.67 bits per heavy atom. The molecule has 9 heteroatoms. The molecule has 3 rings (SSSR count). The average molecular weight is 474 g/mol. The Morgan fingerprint density at radius 3 is 2.21 bits per heavy atom. The normalized spacial score (nSPS) is 16.5. The number of non-ortho nitro benzene ring substituents is 1. The predicted molar refractivity (Wildman–Crippen MR) is 126 cm³/mol. The van der Waals surface area contributed by atoms with Gasteiger partial charge in [-0.2, -0.15) is 4.31 Å². The van der Waals surface area contributed by atoms with Gasteiger partial charge in [0.05, 0.1) is 15.9 Å². The first-order valence-electron chi connectivity index (χ1n) is 11.1. The van der Waals surface area contributed by atoms with Gasteiger partial charge in [-0.25, -0.2) is 8.42 Å². The summed E-state index contributed by atoms with van der Waals surface area (Å²) in [7, 11) is -1.92. The van der Waals surface area contributed by atoms with E-state index in [9.17, 15) is 23.3 Å². The number of nitrogens with zero attached hydrogens (tertiary/aromatic N) is 3. The third-order valence-corrected chi connectivity index (χ3v) is 8.39. The molecule has 1 heterocycles. The van der Waals surface area contributed by atoms with Crippen LogP contribution >= 0.6 is 0 Å². The lowest BCUT2D eigenvalue weighted by molar-refractivity contribution is -0.384. The number of hydrogen-bond acceptors (Lipinski definition) is 5. The number of nitro benzene ring substituents is 1. The molecular weight excluding hydrogens is 442 g/mol. The number of carbonyl (C=O) groups is 1. The van der Waals surface area contributed by atoms with E-state index in [2.05, 4.69) is 13.8 Å². The molecular formula is C24H31N3O5S. The largest absolute Gasteiger partial charge is 0.339 e. The summed E-state index contributed by atoms with van der Waals surface area (Å²) in [6, 6.07) is 12.9. The highest BCUT2D eigenvalue weighted by molar-refractivity contribution is 7.89. The number of benzene rings is 2. The van der Waals surface area contributed by atoms with E-state index in [4.69, 9.17) is 0 Å². The summed E-state index contributed by atoms with van der Waals surface area (Å²) in [5, 5.41) is 11.1. The molecule has 1 aliphatic heterocycles. The van der Waals surface area contributed by atoms with Crippen molar-refractivity contribution in [2.45, 2.75) is 50.5 Å². The number of carbonyl (C=O) groups excluding carboxylic acids is 1. The molecule has 1 fully saturated rings. The van der Waals surface area contributed by atoms with E-state index in [1.165, 1.54) is 16.4 Å².